The van der Waals surface area contributed by atoms with E-state index in [2.05, 4.69) is 25.9 Å². The molecule has 186 valence electrons. The average molecular weight is 552 g/mol. The van der Waals surface area contributed by atoms with Crippen LogP contribution >= 0.6 is 15.9 Å². The highest BCUT2D eigenvalue weighted by Gasteiger charge is 2.30. The number of anilines is 1. The molecule has 1 atom stereocenters. The number of alkyl halides is 3. The molecule has 1 aromatic heterocycles. The molecule has 0 aliphatic rings. The number of aliphatic carboxylic acids is 1. The Kier molecular flexibility index (Phi) is 8.71. The molecular formula is C25H25BrF3N3O3. The van der Waals surface area contributed by atoms with Gasteiger partial charge in [0.05, 0.1) is 10.0 Å². The van der Waals surface area contributed by atoms with Crippen molar-refractivity contribution >= 4 is 27.8 Å². The summed E-state index contributed by atoms with van der Waals surface area (Å²) < 4.78 is 44.8. The Morgan fingerprint density at radius 1 is 1.09 bits per heavy atom. The summed E-state index contributed by atoms with van der Waals surface area (Å²) in [6, 6.07) is 10.5. The third-order valence-corrected chi connectivity index (χ3v) is 5.98. The first-order chi connectivity index (χ1) is 16.6. The lowest BCUT2D eigenvalue weighted by Gasteiger charge is -2.23. The van der Waals surface area contributed by atoms with Gasteiger partial charge in [0, 0.05) is 25.5 Å². The van der Waals surface area contributed by atoms with Crippen LogP contribution in [0, 0.1) is 0 Å². The zero-order valence-electron chi connectivity index (χ0n) is 19.2. The molecule has 0 fully saturated rings. The number of rotatable bonds is 10. The van der Waals surface area contributed by atoms with E-state index in [0.29, 0.717) is 41.2 Å². The van der Waals surface area contributed by atoms with Crippen LogP contribution in [-0.4, -0.2) is 33.7 Å². The van der Waals surface area contributed by atoms with Crippen LogP contribution in [-0.2, 0) is 30.4 Å². The summed E-state index contributed by atoms with van der Waals surface area (Å²) in [5.41, 5.74) is 1.95. The van der Waals surface area contributed by atoms with E-state index in [4.69, 9.17) is 9.84 Å². The number of halogens is 4. The van der Waals surface area contributed by atoms with Crippen molar-refractivity contribution in [3.8, 4) is 5.75 Å². The number of carbonyl (C=O) groups is 1. The van der Waals surface area contributed by atoms with Gasteiger partial charge in [-0.2, -0.15) is 13.2 Å². The van der Waals surface area contributed by atoms with Gasteiger partial charge >= 0.3 is 12.1 Å². The minimum atomic E-state index is -4.39. The fraction of sp³-hybridized carbons (Fsp3) is 0.320. The minimum absolute atomic E-state index is 0.335. The van der Waals surface area contributed by atoms with Gasteiger partial charge in [-0.3, -0.25) is 0 Å². The van der Waals surface area contributed by atoms with Crippen LogP contribution in [0.1, 0.15) is 36.1 Å². The van der Waals surface area contributed by atoms with Gasteiger partial charge in [0.15, 0.2) is 6.10 Å². The van der Waals surface area contributed by atoms with E-state index in [1.54, 1.807) is 18.5 Å². The molecule has 3 rings (SSSR count). The summed E-state index contributed by atoms with van der Waals surface area (Å²) in [7, 11) is 0. The zero-order chi connectivity index (χ0) is 25.6. The summed E-state index contributed by atoms with van der Waals surface area (Å²) >= 11 is 3.42. The van der Waals surface area contributed by atoms with Gasteiger partial charge < -0.3 is 14.7 Å². The standard InChI is InChI=1S/C25H25BrF3N3O3/c1-3-17-13-30-24(31-14-17)32(15-19-4-7-20(8-5-19)25(27,28)29)11-10-18-6-9-22(21(26)12-18)35-16(2)23(33)34/h4-9,12-14,16H,3,10-11,15H2,1-2H3,(H,33,34). The first-order valence-electron chi connectivity index (χ1n) is 11.0. The molecule has 1 N–H and O–H groups in total. The second-order valence-corrected chi connectivity index (χ2v) is 8.83. The Hall–Kier alpha value is -3.14. The quantitative estimate of drug-likeness (QED) is 0.337. The number of aryl methyl sites for hydroxylation is 1. The molecule has 1 heterocycles. The van der Waals surface area contributed by atoms with Gasteiger partial charge in [-0.1, -0.05) is 25.1 Å². The van der Waals surface area contributed by atoms with Crippen molar-refractivity contribution < 1.29 is 27.8 Å². The Morgan fingerprint density at radius 3 is 2.26 bits per heavy atom. The number of hydrogen-bond acceptors (Lipinski definition) is 5. The van der Waals surface area contributed by atoms with E-state index in [9.17, 15) is 18.0 Å². The monoisotopic (exact) mass is 551 g/mol. The van der Waals surface area contributed by atoms with Gasteiger partial charge in [-0.05, 0) is 76.7 Å². The lowest BCUT2D eigenvalue weighted by atomic mass is 10.1. The lowest BCUT2D eigenvalue weighted by molar-refractivity contribution is -0.144. The smallest absolute Gasteiger partial charge is 0.416 e. The van der Waals surface area contributed by atoms with Crippen LogP contribution in [0.15, 0.2) is 59.3 Å². The highest BCUT2D eigenvalue weighted by molar-refractivity contribution is 9.10. The molecule has 0 amide bonds. The molecule has 2 aromatic carbocycles. The first kappa shape index (κ1) is 26.5. The number of nitrogens with zero attached hydrogens (tertiary/aromatic N) is 3. The number of hydrogen-bond donors (Lipinski definition) is 1. The van der Waals surface area contributed by atoms with Crippen molar-refractivity contribution in [3.05, 3.63) is 81.6 Å². The van der Waals surface area contributed by atoms with E-state index < -0.39 is 23.8 Å². The van der Waals surface area contributed by atoms with Crippen LogP contribution in [0.2, 0.25) is 0 Å². The number of carboxylic acids is 1. The Balaban J connectivity index is 1.77. The normalized spacial score (nSPS) is 12.3. The van der Waals surface area contributed by atoms with Crippen LogP contribution in [0.4, 0.5) is 19.1 Å². The topological polar surface area (TPSA) is 75.6 Å². The molecule has 0 saturated carbocycles. The first-order valence-corrected chi connectivity index (χ1v) is 11.8. The summed E-state index contributed by atoms with van der Waals surface area (Å²) in [6.07, 6.45) is -0.500. The van der Waals surface area contributed by atoms with Crippen molar-refractivity contribution in [2.24, 2.45) is 0 Å². The van der Waals surface area contributed by atoms with Gasteiger partial charge in [0.25, 0.3) is 0 Å². The maximum Gasteiger partial charge on any atom is 0.416 e. The molecule has 0 aliphatic carbocycles. The summed E-state index contributed by atoms with van der Waals surface area (Å²) in [4.78, 5) is 21.8. The zero-order valence-corrected chi connectivity index (χ0v) is 20.8. The Morgan fingerprint density at radius 2 is 1.71 bits per heavy atom. The van der Waals surface area contributed by atoms with E-state index in [0.717, 1.165) is 29.7 Å². The van der Waals surface area contributed by atoms with E-state index in [-0.39, 0.29) is 0 Å². The number of ether oxygens (including phenoxy) is 1. The van der Waals surface area contributed by atoms with Crippen LogP contribution < -0.4 is 9.64 Å². The third kappa shape index (κ3) is 7.42. The molecule has 0 bridgehead atoms. The van der Waals surface area contributed by atoms with Gasteiger partial charge in [-0.15, -0.1) is 0 Å². The molecule has 35 heavy (non-hydrogen) atoms. The lowest BCUT2D eigenvalue weighted by Crippen LogP contribution is -2.27. The maximum absolute atomic E-state index is 12.9. The van der Waals surface area contributed by atoms with Crippen molar-refractivity contribution in [2.75, 3.05) is 11.4 Å². The summed E-state index contributed by atoms with van der Waals surface area (Å²) in [5, 5.41) is 9.04. The largest absolute Gasteiger partial charge is 0.479 e. The van der Waals surface area contributed by atoms with E-state index >= 15 is 0 Å². The van der Waals surface area contributed by atoms with Crippen molar-refractivity contribution in [1.82, 2.24) is 9.97 Å². The molecule has 0 saturated heterocycles. The van der Waals surface area contributed by atoms with Crippen molar-refractivity contribution in [1.29, 1.82) is 0 Å². The maximum atomic E-state index is 12.9. The second-order valence-electron chi connectivity index (χ2n) is 7.97. The van der Waals surface area contributed by atoms with Gasteiger partial charge in [-0.25, -0.2) is 14.8 Å². The van der Waals surface area contributed by atoms with Crippen molar-refractivity contribution in [2.45, 2.75) is 45.5 Å². The minimum Gasteiger partial charge on any atom is -0.479 e. The number of aromatic nitrogens is 2. The average Bonchev–Trinajstić information content (AvgIpc) is 2.83. The summed E-state index contributed by atoms with van der Waals surface area (Å²) in [6.45, 7) is 4.29. The fourth-order valence-corrected chi connectivity index (χ4v) is 3.78. The number of carboxylic acid groups (broad SMARTS) is 1. The predicted octanol–water partition coefficient (Wildman–Crippen LogP) is 5.92. The molecule has 0 spiro atoms. The molecule has 10 heteroatoms. The van der Waals surface area contributed by atoms with Crippen LogP contribution in [0.5, 0.6) is 5.75 Å². The van der Waals surface area contributed by atoms with Gasteiger partial charge in [0.2, 0.25) is 5.95 Å². The SMILES string of the molecule is CCc1cnc(N(CCc2ccc(OC(C)C(=O)O)c(Br)c2)Cc2ccc(C(F)(F)F)cc2)nc1. The molecule has 0 aliphatic heterocycles. The molecular weight excluding hydrogens is 527 g/mol. The van der Waals surface area contributed by atoms with E-state index in [1.807, 2.05) is 24.0 Å². The number of benzene rings is 2. The Labute approximate surface area is 209 Å². The van der Waals surface area contributed by atoms with Gasteiger partial charge in [0.1, 0.15) is 5.75 Å². The second kappa shape index (κ2) is 11.5. The molecule has 3 aromatic rings. The van der Waals surface area contributed by atoms with Crippen LogP contribution in [0.25, 0.3) is 0 Å². The van der Waals surface area contributed by atoms with Crippen molar-refractivity contribution in [3.63, 3.8) is 0 Å². The Bertz CT molecular complexity index is 1140. The predicted molar refractivity (Wildman–Crippen MR) is 129 cm³/mol. The highest BCUT2D eigenvalue weighted by Crippen LogP contribution is 2.30. The molecule has 6 nitrogen and oxygen atoms in total. The molecule has 1 unspecified atom stereocenters. The third-order valence-electron chi connectivity index (χ3n) is 5.36. The highest BCUT2D eigenvalue weighted by atomic mass is 79.9. The van der Waals surface area contributed by atoms with Crippen LogP contribution in [0.3, 0.4) is 0 Å². The summed E-state index contributed by atoms with van der Waals surface area (Å²) in [5.74, 6) is -0.158. The molecule has 0 radical (unpaired) electrons. The van der Waals surface area contributed by atoms with E-state index in [1.165, 1.54) is 19.1 Å². The fourth-order valence-electron chi connectivity index (χ4n) is 3.26.